The minimum Gasteiger partial charge on any atom is -0.495 e. The molecule has 7 nitrogen and oxygen atoms in total. The lowest BCUT2D eigenvalue weighted by atomic mass is 9.92. The SMILES string of the molecule is COc1cc(OC)c(Cl)c(-c2cc3cnc(SC)nc3c(N3CCC(C)(C#N)C3)n2)c1Cl. The minimum absolute atomic E-state index is 0.334. The Balaban J connectivity index is 1.99. The summed E-state index contributed by atoms with van der Waals surface area (Å²) in [7, 11) is 3.06. The summed E-state index contributed by atoms with van der Waals surface area (Å²) in [6, 6.07) is 5.92. The summed E-state index contributed by atoms with van der Waals surface area (Å²) in [6.45, 7) is 3.20. The molecule has 166 valence electrons. The van der Waals surface area contributed by atoms with Crippen LogP contribution in [0.1, 0.15) is 13.3 Å². The first-order valence-corrected chi connectivity index (χ1v) is 11.8. The third kappa shape index (κ3) is 3.90. The van der Waals surface area contributed by atoms with Crippen LogP contribution in [0.15, 0.2) is 23.5 Å². The Kier molecular flexibility index (Phi) is 6.26. The molecule has 1 saturated heterocycles. The lowest BCUT2D eigenvalue weighted by Crippen LogP contribution is -2.25. The summed E-state index contributed by atoms with van der Waals surface area (Å²) in [5, 5.41) is 11.7. The summed E-state index contributed by atoms with van der Waals surface area (Å²) in [5.41, 5.74) is 1.32. The third-order valence-corrected chi connectivity index (χ3v) is 6.89. The third-order valence-electron chi connectivity index (χ3n) is 5.58. The van der Waals surface area contributed by atoms with Crippen LogP contribution in [-0.2, 0) is 0 Å². The van der Waals surface area contributed by atoms with E-state index in [-0.39, 0.29) is 0 Å². The van der Waals surface area contributed by atoms with E-state index in [1.54, 1.807) is 12.3 Å². The van der Waals surface area contributed by atoms with E-state index in [2.05, 4.69) is 16.0 Å². The highest BCUT2D eigenvalue weighted by atomic mass is 35.5. The zero-order valence-corrected chi connectivity index (χ0v) is 20.4. The molecule has 32 heavy (non-hydrogen) atoms. The molecule has 1 aliphatic heterocycles. The molecule has 0 aliphatic carbocycles. The fraction of sp³-hybridized carbons (Fsp3) is 0.364. The van der Waals surface area contributed by atoms with Crippen LogP contribution in [0.2, 0.25) is 10.0 Å². The van der Waals surface area contributed by atoms with Gasteiger partial charge in [-0.2, -0.15) is 5.26 Å². The highest BCUT2D eigenvalue weighted by Gasteiger charge is 2.36. The largest absolute Gasteiger partial charge is 0.495 e. The van der Waals surface area contributed by atoms with E-state index in [1.807, 2.05) is 19.2 Å². The van der Waals surface area contributed by atoms with Crippen LogP contribution in [0.25, 0.3) is 22.2 Å². The first-order valence-electron chi connectivity index (χ1n) is 9.82. The van der Waals surface area contributed by atoms with E-state index >= 15 is 0 Å². The summed E-state index contributed by atoms with van der Waals surface area (Å²) >= 11 is 14.8. The molecule has 0 saturated carbocycles. The lowest BCUT2D eigenvalue weighted by Gasteiger charge is -2.22. The number of rotatable bonds is 5. The summed E-state index contributed by atoms with van der Waals surface area (Å²) < 4.78 is 10.8. The highest BCUT2D eigenvalue weighted by Crippen LogP contribution is 2.46. The smallest absolute Gasteiger partial charge is 0.187 e. The van der Waals surface area contributed by atoms with Gasteiger partial charge in [0.25, 0.3) is 0 Å². The Morgan fingerprint density at radius 1 is 1.16 bits per heavy atom. The number of fused-ring (bicyclic) bond motifs is 1. The van der Waals surface area contributed by atoms with Crippen LogP contribution in [0.5, 0.6) is 11.5 Å². The van der Waals surface area contributed by atoms with Crippen LogP contribution in [0.4, 0.5) is 5.82 Å². The second-order valence-corrected chi connectivity index (χ2v) is 9.28. The lowest BCUT2D eigenvalue weighted by molar-refractivity contribution is 0.395. The Labute approximate surface area is 200 Å². The van der Waals surface area contributed by atoms with Crippen LogP contribution in [0, 0.1) is 16.7 Å². The predicted molar refractivity (Wildman–Crippen MR) is 128 cm³/mol. The molecule has 0 amide bonds. The van der Waals surface area contributed by atoms with E-state index in [4.69, 9.17) is 42.6 Å². The van der Waals surface area contributed by atoms with E-state index in [9.17, 15) is 5.26 Å². The van der Waals surface area contributed by atoms with E-state index in [1.165, 1.54) is 26.0 Å². The number of anilines is 1. The maximum Gasteiger partial charge on any atom is 0.187 e. The molecule has 1 fully saturated rings. The van der Waals surface area contributed by atoms with Crippen molar-refractivity contribution in [3.8, 4) is 28.8 Å². The van der Waals surface area contributed by atoms with Gasteiger partial charge in [-0.15, -0.1) is 0 Å². The van der Waals surface area contributed by atoms with Gasteiger partial charge in [0.05, 0.1) is 41.4 Å². The standard InChI is InChI=1S/C22H21Cl2N5O2S/c1-22(10-25)5-6-29(11-22)20-19-12(9-26-21(28-19)32-4)7-13(27-20)16-17(23)14(30-2)8-15(31-3)18(16)24/h7-9H,5-6,11H2,1-4H3. The molecule has 1 aromatic carbocycles. The molecular formula is C22H21Cl2N5O2S. The van der Waals surface area contributed by atoms with Gasteiger partial charge in [-0.25, -0.2) is 15.0 Å². The number of pyridine rings is 1. The second-order valence-electron chi connectivity index (χ2n) is 7.75. The van der Waals surface area contributed by atoms with Crippen molar-refractivity contribution in [2.24, 2.45) is 5.41 Å². The van der Waals surface area contributed by atoms with Crippen molar-refractivity contribution in [2.75, 3.05) is 38.5 Å². The molecule has 1 atom stereocenters. The van der Waals surface area contributed by atoms with Crippen LogP contribution in [-0.4, -0.2) is 48.5 Å². The van der Waals surface area contributed by atoms with Crippen molar-refractivity contribution in [1.29, 1.82) is 5.26 Å². The van der Waals surface area contributed by atoms with Gasteiger partial charge in [-0.3, -0.25) is 0 Å². The second kappa shape index (κ2) is 8.81. The van der Waals surface area contributed by atoms with Gasteiger partial charge < -0.3 is 14.4 Å². The molecule has 0 radical (unpaired) electrons. The summed E-state index contributed by atoms with van der Waals surface area (Å²) in [6.07, 6.45) is 4.43. The monoisotopic (exact) mass is 489 g/mol. The maximum atomic E-state index is 9.62. The van der Waals surface area contributed by atoms with Gasteiger partial charge in [0, 0.05) is 36.3 Å². The fourth-order valence-corrected chi connectivity index (χ4v) is 4.83. The molecular weight excluding hydrogens is 469 g/mol. The molecule has 2 aromatic heterocycles. The van der Waals surface area contributed by atoms with E-state index in [0.717, 1.165) is 17.3 Å². The van der Waals surface area contributed by atoms with Crippen LogP contribution < -0.4 is 14.4 Å². The van der Waals surface area contributed by atoms with Gasteiger partial charge in [0.15, 0.2) is 11.0 Å². The number of ether oxygens (including phenoxy) is 2. The van der Waals surface area contributed by atoms with Crippen LogP contribution in [0.3, 0.4) is 0 Å². The number of benzene rings is 1. The number of hydrogen-bond acceptors (Lipinski definition) is 8. The Bertz CT molecular complexity index is 1220. The van der Waals surface area contributed by atoms with Crippen molar-refractivity contribution in [2.45, 2.75) is 18.5 Å². The van der Waals surface area contributed by atoms with E-state index in [0.29, 0.717) is 56.9 Å². The normalized spacial score (nSPS) is 18.1. The first-order chi connectivity index (χ1) is 15.3. The van der Waals surface area contributed by atoms with Crippen molar-refractivity contribution >= 4 is 51.7 Å². The van der Waals surface area contributed by atoms with Gasteiger partial charge >= 0.3 is 0 Å². The Hall–Kier alpha value is -2.47. The summed E-state index contributed by atoms with van der Waals surface area (Å²) in [5.74, 6) is 1.53. The number of methoxy groups -OCH3 is 2. The van der Waals surface area contributed by atoms with Gasteiger partial charge in [-0.05, 0) is 25.7 Å². The molecule has 3 aromatic rings. The molecule has 0 N–H and O–H groups in total. The van der Waals surface area contributed by atoms with Crippen molar-refractivity contribution in [3.05, 3.63) is 28.4 Å². The molecule has 1 aliphatic rings. The molecule has 10 heteroatoms. The molecule has 0 bridgehead atoms. The molecule has 3 heterocycles. The van der Waals surface area contributed by atoms with E-state index < -0.39 is 5.41 Å². The fourth-order valence-electron chi connectivity index (χ4n) is 3.80. The Morgan fingerprint density at radius 3 is 2.41 bits per heavy atom. The van der Waals surface area contributed by atoms with Crippen molar-refractivity contribution in [1.82, 2.24) is 15.0 Å². The van der Waals surface area contributed by atoms with Gasteiger partial charge in [0.2, 0.25) is 0 Å². The van der Waals surface area contributed by atoms with Crippen LogP contribution >= 0.6 is 35.0 Å². The molecule has 1 unspecified atom stereocenters. The maximum absolute atomic E-state index is 9.62. The minimum atomic E-state index is -0.451. The molecule has 0 spiro atoms. The topological polar surface area (TPSA) is 84.2 Å². The van der Waals surface area contributed by atoms with Gasteiger partial charge in [-0.1, -0.05) is 35.0 Å². The first kappa shape index (κ1) is 22.7. The number of nitrogens with zero attached hydrogens (tertiary/aromatic N) is 5. The number of nitriles is 1. The quantitative estimate of drug-likeness (QED) is 0.344. The Morgan fingerprint density at radius 2 is 1.84 bits per heavy atom. The number of halogens is 2. The average molecular weight is 490 g/mol. The van der Waals surface area contributed by atoms with Crippen molar-refractivity contribution < 1.29 is 9.47 Å². The number of hydrogen-bond donors (Lipinski definition) is 0. The predicted octanol–water partition coefficient (Wildman–Crippen LogP) is 5.48. The zero-order valence-electron chi connectivity index (χ0n) is 18.1. The van der Waals surface area contributed by atoms with Crippen molar-refractivity contribution in [3.63, 3.8) is 0 Å². The number of thioether (sulfide) groups is 1. The summed E-state index contributed by atoms with van der Waals surface area (Å²) in [4.78, 5) is 16.2. The highest BCUT2D eigenvalue weighted by molar-refractivity contribution is 7.98. The average Bonchev–Trinajstić information content (AvgIpc) is 3.21. The molecule has 4 rings (SSSR count). The zero-order chi connectivity index (χ0) is 23.0. The number of aromatic nitrogens is 3. The van der Waals surface area contributed by atoms with Gasteiger partial charge in [0.1, 0.15) is 17.0 Å².